The summed E-state index contributed by atoms with van der Waals surface area (Å²) in [6, 6.07) is 6.70. The van der Waals surface area contributed by atoms with Gasteiger partial charge in [0.2, 0.25) is 0 Å². The molecule has 0 spiro atoms. The van der Waals surface area contributed by atoms with Crippen molar-refractivity contribution in [2.24, 2.45) is 0 Å². The van der Waals surface area contributed by atoms with Gasteiger partial charge in [0.25, 0.3) is 0 Å². The van der Waals surface area contributed by atoms with Crippen LogP contribution in [0.4, 0.5) is 0 Å². The second-order valence-electron chi connectivity index (χ2n) is 4.76. The molecule has 1 aromatic rings. The minimum absolute atomic E-state index is 0.436. The average Bonchev–Trinajstić information content (AvgIpc) is 2.69. The third-order valence-electron chi connectivity index (χ3n) is 3.01. The van der Waals surface area contributed by atoms with Crippen molar-refractivity contribution >= 4 is 0 Å². The number of hydrogen-bond acceptors (Lipinski definition) is 2. The first-order valence-electron chi connectivity index (χ1n) is 6.13. The zero-order valence-electron chi connectivity index (χ0n) is 10.3. The van der Waals surface area contributed by atoms with Crippen LogP contribution in [0.15, 0.2) is 18.2 Å². The summed E-state index contributed by atoms with van der Waals surface area (Å²) in [5.41, 5.74) is 4.05. The Labute approximate surface area is 98.0 Å². The zero-order chi connectivity index (χ0) is 11.4. The van der Waals surface area contributed by atoms with Gasteiger partial charge in [-0.15, -0.1) is 0 Å². The van der Waals surface area contributed by atoms with Gasteiger partial charge in [-0.2, -0.15) is 0 Å². The van der Waals surface area contributed by atoms with Gasteiger partial charge in [-0.05, 0) is 32.3 Å². The molecule has 1 aliphatic heterocycles. The molecule has 0 amide bonds. The van der Waals surface area contributed by atoms with Gasteiger partial charge in [0.05, 0.1) is 6.10 Å². The first-order valence-corrected chi connectivity index (χ1v) is 6.13. The minimum Gasteiger partial charge on any atom is -0.377 e. The van der Waals surface area contributed by atoms with Crippen LogP contribution in [-0.2, 0) is 11.3 Å². The predicted molar refractivity (Wildman–Crippen MR) is 66.6 cm³/mol. The molecular formula is C14H21NO. The third-order valence-corrected chi connectivity index (χ3v) is 3.01. The van der Waals surface area contributed by atoms with Gasteiger partial charge in [0.1, 0.15) is 0 Å². The van der Waals surface area contributed by atoms with Crippen LogP contribution in [0.5, 0.6) is 0 Å². The molecule has 1 fully saturated rings. The lowest BCUT2D eigenvalue weighted by molar-refractivity contribution is 0.110. The quantitative estimate of drug-likeness (QED) is 0.840. The molecule has 0 radical (unpaired) electrons. The van der Waals surface area contributed by atoms with Crippen LogP contribution in [0.2, 0.25) is 0 Å². The van der Waals surface area contributed by atoms with E-state index >= 15 is 0 Å². The second-order valence-corrected chi connectivity index (χ2v) is 4.76. The molecule has 2 rings (SSSR count). The molecule has 1 heterocycles. The van der Waals surface area contributed by atoms with E-state index in [0.717, 1.165) is 19.7 Å². The summed E-state index contributed by atoms with van der Waals surface area (Å²) >= 11 is 0. The summed E-state index contributed by atoms with van der Waals surface area (Å²) < 4.78 is 5.58. The van der Waals surface area contributed by atoms with Gasteiger partial charge in [-0.1, -0.05) is 29.3 Å². The fourth-order valence-corrected chi connectivity index (χ4v) is 2.35. The molecule has 1 unspecified atom stereocenters. The van der Waals surface area contributed by atoms with Crippen LogP contribution in [0.1, 0.15) is 29.5 Å². The first kappa shape index (κ1) is 11.6. The average molecular weight is 219 g/mol. The smallest absolute Gasteiger partial charge is 0.0700 e. The standard InChI is InChI=1S/C14H21NO/c1-11-6-12(2)8-13(7-11)9-15-10-14-4-3-5-16-14/h6-8,14-15H,3-5,9-10H2,1-2H3. The Hall–Kier alpha value is -0.860. The highest BCUT2D eigenvalue weighted by Crippen LogP contribution is 2.12. The summed E-state index contributed by atoms with van der Waals surface area (Å²) in [6.45, 7) is 7.17. The maximum absolute atomic E-state index is 5.58. The normalized spacial score (nSPS) is 20.2. The number of nitrogens with one attached hydrogen (secondary N) is 1. The van der Waals surface area contributed by atoms with Crippen molar-refractivity contribution in [3.05, 3.63) is 34.9 Å². The lowest BCUT2D eigenvalue weighted by Gasteiger charge is -2.11. The Kier molecular flexibility index (Phi) is 3.97. The van der Waals surface area contributed by atoms with Crippen molar-refractivity contribution in [1.29, 1.82) is 0 Å². The molecule has 2 nitrogen and oxygen atoms in total. The van der Waals surface area contributed by atoms with Gasteiger partial charge in [0.15, 0.2) is 0 Å². The molecule has 1 atom stereocenters. The Morgan fingerprint density at radius 2 is 2.00 bits per heavy atom. The highest BCUT2D eigenvalue weighted by molar-refractivity contribution is 5.28. The summed E-state index contributed by atoms with van der Waals surface area (Å²) in [6.07, 6.45) is 2.86. The van der Waals surface area contributed by atoms with Gasteiger partial charge in [-0.3, -0.25) is 0 Å². The van der Waals surface area contributed by atoms with E-state index in [1.54, 1.807) is 0 Å². The van der Waals surface area contributed by atoms with Gasteiger partial charge < -0.3 is 10.1 Å². The SMILES string of the molecule is Cc1cc(C)cc(CNCC2CCCO2)c1. The number of aryl methyl sites for hydroxylation is 2. The van der Waals surface area contributed by atoms with Gasteiger partial charge in [0, 0.05) is 19.7 Å². The van der Waals surface area contributed by atoms with Crippen molar-refractivity contribution in [2.45, 2.75) is 39.3 Å². The Morgan fingerprint density at radius 1 is 1.25 bits per heavy atom. The summed E-state index contributed by atoms with van der Waals surface area (Å²) in [4.78, 5) is 0. The number of benzene rings is 1. The van der Waals surface area contributed by atoms with E-state index < -0.39 is 0 Å². The van der Waals surface area contributed by atoms with Crippen molar-refractivity contribution in [1.82, 2.24) is 5.32 Å². The number of rotatable bonds is 4. The van der Waals surface area contributed by atoms with E-state index in [1.165, 1.54) is 29.5 Å². The lowest BCUT2D eigenvalue weighted by atomic mass is 10.1. The second kappa shape index (κ2) is 5.46. The summed E-state index contributed by atoms with van der Waals surface area (Å²) in [7, 11) is 0. The van der Waals surface area contributed by atoms with Crippen LogP contribution in [0.3, 0.4) is 0 Å². The van der Waals surface area contributed by atoms with Crippen LogP contribution in [0.25, 0.3) is 0 Å². The van der Waals surface area contributed by atoms with Crippen molar-refractivity contribution in [2.75, 3.05) is 13.2 Å². The van der Waals surface area contributed by atoms with E-state index in [0.29, 0.717) is 6.10 Å². The Balaban J connectivity index is 1.80. The molecule has 1 aliphatic rings. The highest BCUT2D eigenvalue weighted by Gasteiger charge is 2.14. The molecule has 1 N–H and O–H groups in total. The summed E-state index contributed by atoms with van der Waals surface area (Å²) in [5.74, 6) is 0. The molecule has 1 saturated heterocycles. The molecule has 16 heavy (non-hydrogen) atoms. The highest BCUT2D eigenvalue weighted by atomic mass is 16.5. The molecule has 0 bridgehead atoms. The van der Waals surface area contributed by atoms with E-state index in [4.69, 9.17) is 4.74 Å². The monoisotopic (exact) mass is 219 g/mol. The topological polar surface area (TPSA) is 21.3 Å². The number of hydrogen-bond donors (Lipinski definition) is 1. The lowest BCUT2D eigenvalue weighted by Crippen LogP contribution is -2.25. The van der Waals surface area contributed by atoms with Crippen LogP contribution < -0.4 is 5.32 Å². The van der Waals surface area contributed by atoms with Crippen molar-refractivity contribution in [3.63, 3.8) is 0 Å². The fourth-order valence-electron chi connectivity index (χ4n) is 2.35. The largest absolute Gasteiger partial charge is 0.377 e. The Bertz CT molecular complexity index is 322. The number of ether oxygens (including phenoxy) is 1. The fraction of sp³-hybridized carbons (Fsp3) is 0.571. The van der Waals surface area contributed by atoms with Gasteiger partial charge >= 0.3 is 0 Å². The summed E-state index contributed by atoms with van der Waals surface area (Å²) in [5, 5.41) is 3.47. The van der Waals surface area contributed by atoms with Crippen LogP contribution >= 0.6 is 0 Å². The third kappa shape index (κ3) is 3.32. The Morgan fingerprint density at radius 3 is 2.62 bits per heavy atom. The molecule has 1 aromatic carbocycles. The maximum Gasteiger partial charge on any atom is 0.0700 e. The van der Waals surface area contributed by atoms with E-state index in [1.807, 2.05) is 0 Å². The molecule has 2 heteroatoms. The van der Waals surface area contributed by atoms with Crippen LogP contribution in [-0.4, -0.2) is 19.3 Å². The molecule has 88 valence electrons. The molecule has 0 aromatic heterocycles. The maximum atomic E-state index is 5.58. The molecule has 0 aliphatic carbocycles. The van der Waals surface area contributed by atoms with E-state index in [2.05, 4.69) is 37.4 Å². The van der Waals surface area contributed by atoms with E-state index in [9.17, 15) is 0 Å². The van der Waals surface area contributed by atoms with Crippen LogP contribution in [0, 0.1) is 13.8 Å². The molecular weight excluding hydrogens is 198 g/mol. The zero-order valence-corrected chi connectivity index (χ0v) is 10.3. The molecule has 0 saturated carbocycles. The minimum atomic E-state index is 0.436. The van der Waals surface area contributed by atoms with Gasteiger partial charge in [-0.25, -0.2) is 0 Å². The van der Waals surface area contributed by atoms with E-state index in [-0.39, 0.29) is 0 Å². The predicted octanol–water partition coefficient (Wildman–Crippen LogP) is 2.57. The first-order chi connectivity index (χ1) is 7.74. The van der Waals surface area contributed by atoms with Crippen molar-refractivity contribution < 1.29 is 4.74 Å². The van der Waals surface area contributed by atoms with Crippen molar-refractivity contribution in [3.8, 4) is 0 Å².